The van der Waals surface area contributed by atoms with Crippen LogP contribution in [0.2, 0.25) is 8.76 Å². The fourth-order valence-corrected chi connectivity index (χ4v) is 41.5. The summed E-state index contributed by atoms with van der Waals surface area (Å²) in [5.74, 6) is 1.93. The molecule has 6 aliphatic rings. The van der Waals surface area contributed by atoms with Gasteiger partial charge in [-0.25, -0.2) is 0 Å². The first kappa shape index (κ1) is 42.9. The average Bonchev–Trinajstić information content (AvgIpc) is 4.14. The second-order valence-electron chi connectivity index (χ2n) is 21.9. The van der Waals surface area contributed by atoms with Crippen LogP contribution >= 0.6 is 24.8 Å². The Kier molecular flexibility index (Phi) is 11.0. The van der Waals surface area contributed by atoms with Gasteiger partial charge in [0.2, 0.25) is 0 Å². The number of benzene rings is 6. The fourth-order valence-electron chi connectivity index (χ4n) is 15.8. The molecular formula is C58H64Cl2SiZr. The Labute approximate surface area is 385 Å². The van der Waals surface area contributed by atoms with Crippen molar-refractivity contribution in [3.63, 3.8) is 0 Å². The molecule has 12 rings (SSSR count). The van der Waals surface area contributed by atoms with E-state index in [9.17, 15) is 0 Å². The van der Waals surface area contributed by atoms with Crippen LogP contribution in [0.3, 0.4) is 0 Å². The number of fused-ring (bicyclic) bond motifs is 8. The van der Waals surface area contributed by atoms with Gasteiger partial charge in [-0.05, 0) is 0 Å². The molecule has 0 nitrogen and oxygen atoms in total. The van der Waals surface area contributed by atoms with E-state index in [4.69, 9.17) is 0 Å². The molecule has 4 bridgehead atoms. The standard InChI is InChI=1S/2C27H25.C3H7.CH3.2ClH.H2Si.Zr/c2*1-2-8-23-21(5-1)6-3-9-24(23)25-10-4-7-22-15-20(16-26(22)25)18-27-13-11-19(17-27)12-14-27;1-3-2;;;;;/h2*1-10,15-16,19H,11-14,17-18H2;1,3H2,2H3;1H3;2*1H;1H2;. The third-order valence-corrected chi connectivity index (χ3v) is 41.6. The van der Waals surface area contributed by atoms with E-state index < -0.39 is 17.4 Å². The van der Waals surface area contributed by atoms with Crippen LogP contribution in [0.5, 0.6) is 0 Å². The summed E-state index contributed by atoms with van der Waals surface area (Å²) in [6, 6.07) is 47.3. The molecule has 4 saturated carbocycles. The molecule has 2 atom stereocenters. The van der Waals surface area contributed by atoms with Crippen LogP contribution in [0.25, 0.3) is 56.0 Å². The Morgan fingerprint density at radius 1 is 0.516 bits per heavy atom. The summed E-state index contributed by atoms with van der Waals surface area (Å²) in [4.78, 5) is 0. The molecule has 6 aliphatic carbocycles. The van der Waals surface area contributed by atoms with Gasteiger partial charge in [0.15, 0.2) is 0 Å². The van der Waals surface area contributed by atoms with Crippen LogP contribution in [-0.2, 0) is 17.4 Å². The molecule has 0 aromatic heterocycles. The molecule has 0 heterocycles. The minimum Gasteiger partial charge on any atom is -0.147 e. The molecule has 0 aliphatic heterocycles. The van der Waals surface area contributed by atoms with Gasteiger partial charge in [-0.3, -0.25) is 0 Å². The minimum atomic E-state index is -4.08. The number of rotatable bonds is 10. The smallest absolute Gasteiger partial charge is 0.147 e. The van der Waals surface area contributed by atoms with E-state index in [0.29, 0.717) is 18.1 Å². The number of hydrogen-bond acceptors (Lipinski definition) is 0. The van der Waals surface area contributed by atoms with Crippen molar-refractivity contribution in [2.45, 2.75) is 106 Å². The molecule has 0 amide bonds. The molecule has 6 aromatic carbocycles. The van der Waals surface area contributed by atoms with Crippen LogP contribution in [0.15, 0.2) is 132 Å². The van der Waals surface area contributed by atoms with Crippen molar-refractivity contribution < 1.29 is 17.4 Å². The third-order valence-electron chi connectivity index (χ3n) is 18.1. The Balaban J connectivity index is 0.00000229. The topological polar surface area (TPSA) is 0 Å². The summed E-state index contributed by atoms with van der Waals surface area (Å²) in [7, 11) is 0. The van der Waals surface area contributed by atoms with E-state index in [1.807, 2.05) is 11.1 Å². The van der Waals surface area contributed by atoms with Gasteiger partial charge in [-0.1, -0.05) is 0 Å². The SMILES string of the molecule is CC[CH2][Zr]([CH3])(=[SiH2])([CH]1C(CC23CCC(CC2)C3)=Cc2c(-c3cccc4ccccc34)cccc21)[CH]1C(CC23CCC(CC2)C3)=Cc2c(-c3cccc4ccccc34)cccc21.Cl.Cl. The fraction of sp³-hybridized carbons (Fsp3) is 0.379. The molecule has 0 spiro atoms. The van der Waals surface area contributed by atoms with Crippen molar-refractivity contribution >= 4 is 65.4 Å². The van der Waals surface area contributed by atoms with Crippen molar-refractivity contribution in [1.29, 1.82) is 0 Å². The quantitative estimate of drug-likeness (QED) is 0.120. The summed E-state index contributed by atoms with van der Waals surface area (Å²) in [6.45, 7) is 5.21. The maximum atomic E-state index is 3.02. The van der Waals surface area contributed by atoms with E-state index in [0.717, 1.165) is 11.8 Å². The molecule has 6 aromatic rings. The number of allylic oxidation sites excluding steroid dienone is 2. The van der Waals surface area contributed by atoms with Gasteiger partial charge in [0.05, 0.1) is 0 Å². The zero-order valence-corrected chi connectivity index (χ0v) is 42.4. The largest absolute Gasteiger partial charge is 0.147 e. The van der Waals surface area contributed by atoms with Crippen LogP contribution in [0.1, 0.15) is 120 Å². The maximum absolute atomic E-state index is 4.08. The van der Waals surface area contributed by atoms with Crippen LogP contribution < -0.4 is 0 Å². The van der Waals surface area contributed by atoms with Gasteiger partial charge >= 0.3 is 364 Å². The summed E-state index contributed by atoms with van der Waals surface area (Å²) in [6.07, 6.45) is 24.1. The Morgan fingerprint density at radius 3 is 1.31 bits per heavy atom. The zero-order chi connectivity index (χ0) is 40.3. The predicted octanol–water partition coefficient (Wildman–Crippen LogP) is 16.8. The predicted molar refractivity (Wildman–Crippen MR) is 271 cm³/mol. The normalized spacial score (nSPS) is 26.9. The van der Waals surface area contributed by atoms with Gasteiger partial charge in [0.1, 0.15) is 0 Å². The van der Waals surface area contributed by atoms with Gasteiger partial charge in [0.25, 0.3) is 0 Å². The molecule has 318 valence electrons. The Bertz CT molecular complexity index is 2670. The Hall–Kier alpha value is -3.00. The molecule has 4 heteroatoms. The van der Waals surface area contributed by atoms with Gasteiger partial charge < -0.3 is 0 Å². The molecule has 2 unspecified atom stereocenters. The Morgan fingerprint density at radius 2 is 0.903 bits per heavy atom. The van der Waals surface area contributed by atoms with Crippen LogP contribution in [0, 0.1) is 22.7 Å². The number of hydrogen-bond donors (Lipinski definition) is 0. The molecule has 0 radical (unpaired) electrons. The molecule has 0 N–H and O–H groups in total. The van der Waals surface area contributed by atoms with Gasteiger partial charge in [-0.15, -0.1) is 24.8 Å². The summed E-state index contributed by atoms with van der Waals surface area (Å²) in [5.41, 5.74) is 16.9. The minimum absolute atomic E-state index is 0. The molecule has 62 heavy (non-hydrogen) atoms. The van der Waals surface area contributed by atoms with E-state index in [-0.39, 0.29) is 24.8 Å². The third kappa shape index (κ3) is 6.65. The average molecular weight is 951 g/mol. The number of halogens is 2. The summed E-state index contributed by atoms with van der Waals surface area (Å²) in [5, 5.41) is 5.45. The summed E-state index contributed by atoms with van der Waals surface area (Å²) >= 11 is -4.08. The first-order valence-electron chi connectivity index (χ1n) is 23.9. The van der Waals surface area contributed by atoms with Crippen molar-refractivity contribution in [2.24, 2.45) is 22.7 Å². The molecule has 0 saturated heterocycles. The van der Waals surface area contributed by atoms with E-state index in [1.54, 1.807) is 22.3 Å². The van der Waals surface area contributed by atoms with Crippen LogP contribution in [-0.4, -0.2) is 6.88 Å². The first-order valence-corrected chi connectivity index (χ1v) is 36.9. The van der Waals surface area contributed by atoms with Gasteiger partial charge in [0, 0.05) is 0 Å². The van der Waals surface area contributed by atoms with Gasteiger partial charge in [-0.2, -0.15) is 0 Å². The zero-order valence-electron chi connectivity index (χ0n) is 36.9. The first-order chi connectivity index (χ1) is 29.2. The maximum Gasteiger partial charge on any atom is -0.147 e. The van der Waals surface area contributed by atoms with Crippen molar-refractivity contribution in [2.75, 3.05) is 0 Å². The van der Waals surface area contributed by atoms with E-state index >= 15 is 0 Å². The van der Waals surface area contributed by atoms with E-state index in [1.165, 1.54) is 131 Å². The second kappa shape index (κ2) is 15.9. The van der Waals surface area contributed by atoms with Crippen LogP contribution in [0.4, 0.5) is 0 Å². The summed E-state index contributed by atoms with van der Waals surface area (Å²) < 4.78 is 5.54. The molecular weight excluding hydrogens is 887 g/mol. The molecule has 4 fully saturated rings. The van der Waals surface area contributed by atoms with E-state index in [2.05, 4.69) is 152 Å². The monoisotopic (exact) mass is 948 g/mol. The second-order valence-corrected chi connectivity index (χ2v) is 50.3. The van der Waals surface area contributed by atoms with Crippen molar-refractivity contribution in [3.8, 4) is 22.3 Å². The van der Waals surface area contributed by atoms with Crippen molar-refractivity contribution in [1.82, 2.24) is 0 Å². The van der Waals surface area contributed by atoms with Crippen molar-refractivity contribution in [3.05, 3.63) is 155 Å².